The first-order valence-electron chi connectivity index (χ1n) is 4.80. The number of nitrogens with zero attached hydrogens (tertiary/aromatic N) is 1. The van der Waals surface area contributed by atoms with Crippen molar-refractivity contribution in [3.8, 4) is 0 Å². The van der Waals surface area contributed by atoms with Gasteiger partial charge >= 0.3 is 0 Å². The van der Waals surface area contributed by atoms with Crippen LogP contribution in [0.4, 0.5) is 0 Å². The molecule has 78 valence electrons. The van der Waals surface area contributed by atoms with Gasteiger partial charge in [0, 0.05) is 18.9 Å². The largest absolute Gasteiger partial charge is 0.355 e. The quantitative estimate of drug-likeness (QED) is 0.743. The molecule has 0 saturated heterocycles. The van der Waals surface area contributed by atoms with Crippen molar-refractivity contribution in [1.29, 1.82) is 0 Å². The highest BCUT2D eigenvalue weighted by molar-refractivity contribution is 5.93. The van der Waals surface area contributed by atoms with E-state index in [4.69, 9.17) is 0 Å². The molecule has 1 N–H and O–H groups in total. The number of carbonyl (C=O) groups is 1. The Morgan fingerprint density at radius 1 is 1.36 bits per heavy atom. The highest BCUT2D eigenvalue weighted by atomic mass is 16.1. The van der Waals surface area contributed by atoms with Crippen LogP contribution in [0.25, 0.3) is 0 Å². The Morgan fingerprint density at radius 2 is 1.93 bits per heavy atom. The Morgan fingerprint density at radius 3 is 2.36 bits per heavy atom. The molecule has 0 atom stereocenters. The van der Waals surface area contributed by atoms with Crippen LogP contribution in [0.1, 0.15) is 35.5 Å². The SMILES string of the molecule is CC.CNC(=O)c1cnc(C)c(C)c1. The van der Waals surface area contributed by atoms with Crippen LogP contribution in [0.5, 0.6) is 0 Å². The fraction of sp³-hybridized carbons (Fsp3) is 0.455. The Kier molecular flexibility index (Phi) is 5.53. The van der Waals surface area contributed by atoms with Crippen molar-refractivity contribution in [3.63, 3.8) is 0 Å². The molecule has 14 heavy (non-hydrogen) atoms. The van der Waals surface area contributed by atoms with Crippen molar-refractivity contribution >= 4 is 5.91 Å². The normalized spacial score (nSPS) is 8.64. The van der Waals surface area contributed by atoms with E-state index < -0.39 is 0 Å². The van der Waals surface area contributed by atoms with Crippen LogP contribution >= 0.6 is 0 Å². The summed E-state index contributed by atoms with van der Waals surface area (Å²) in [6.07, 6.45) is 1.58. The van der Waals surface area contributed by atoms with E-state index >= 15 is 0 Å². The maximum Gasteiger partial charge on any atom is 0.252 e. The van der Waals surface area contributed by atoms with Crippen molar-refractivity contribution in [1.82, 2.24) is 10.3 Å². The topological polar surface area (TPSA) is 42.0 Å². The van der Waals surface area contributed by atoms with Crippen LogP contribution in [0, 0.1) is 13.8 Å². The minimum Gasteiger partial charge on any atom is -0.355 e. The minimum absolute atomic E-state index is 0.0920. The van der Waals surface area contributed by atoms with Gasteiger partial charge in [-0.3, -0.25) is 9.78 Å². The van der Waals surface area contributed by atoms with Gasteiger partial charge in [0.2, 0.25) is 0 Å². The molecule has 1 heterocycles. The van der Waals surface area contributed by atoms with Gasteiger partial charge in [0.15, 0.2) is 0 Å². The van der Waals surface area contributed by atoms with Crippen LogP contribution in [0.3, 0.4) is 0 Å². The maximum absolute atomic E-state index is 11.1. The molecule has 0 saturated carbocycles. The molecule has 1 aromatic rings. The number of hydrogen-bond donors (Lipinski definition) is 1. The summed E-state index contributed by atoms with van der Waals surface area (Å²) in [5, 5.41) is 2.55. The number of nitrogens with one attached hydrogen (secondary N) is 1. The Balaban J connectivity index is 0.000000791. The molecule has 0 aliphatic rings. The second-order valence-corrected chi connectivity index (χ2v) is 2.71. The third kappa shape index (κ3) is 3.17. The molecule has 0 bridgehead atoms. The van der Waals surface area contributed by atoms with E-state index in [9.17, 15) is 4.79 Å². The molecule has 0 radical (unpaired) electrons. The lowest BCUT2D eigenvalue weighted by Crippen LogP contribution is -2.18. The van der Waals surface area contributed by atoms with E-state index in [-0.39, 0.29) is 5.91 Å². The summed E-state index contributed by atoms with van der Waals surface area (Å²) in [6.45, 7) is 7.86. The van der Waals surface area contributed by atoms with Crippen molar-refractivity contribution < 1.29 is 4.79 Å². The Hall–Kier alpha value is -1.38. The van der Waals surface area contributed by atoms with Crippen LogP contribution in [-0.2, 0) is 0 Å². The number of aryl methyl sites for hydroxylation is 2. The number of hydrogen-bond acceptors (Lipinski definition) is 2. The first-order chi connectivity index (χ1) is 6.65. The van der Waals surface area contributed by atoms with Crippen LogP contribution in [-0.4, -0.2) is 17.9 Å². The standard InChI is InChI=1S/C9H12N2O.C2H6/c1-6-4-8(9(12)10-3)5-11-7(6)2;1-2/h4-5H,1-3H3,(H,10,12);1-2H3. The Bertz CT molecular complexity index is 308. The zero-order valence-electron chi connectivity index (χ0n) is 9.51. The summed E-state index contributed by atoms with van der Waals surface area (Å²) in [7, 11) is 1.61. The molecule has 0 spiro atoms. The van der Waals surface area contributed by atoms with Crippen molar-refractivity contribution in [2.75, 3.05) is 7.05 Å². The van der Waals surface area contributed by atoms with Gasteiger partial charge in [0.25, 0.3) is 5.91 Å². The van der Waals surface area contributed by atoms with Gasteiger partial charge in [-0.05, 0) is 25.5 Å². The van der Waals surface area contributed by atoms with Crippen LogP contribution in [0.15, 0.2) is 12.3 Å². The number of aromatic nitrogens is 1. The molecule has 1 amide bonds. The average molecular weight is 194 g/mol. The third-order valence-corrected chi connectivity index (χ3v) is 1.83. The van der Waals surface area contributed by atoms with E-state index in [0.717, 1.165) is 11.3 Å². The zero-order valence-corrected chi connectivity index (χ0v) is 9.51. The van der Waals surface area contributed by atoms with Gasteiger partial charge in [-0.15, -0.1) is 0 Å². The summed E-state index contributed by atoms with van der Waals surface area (Å²) in [5.41, 5.74) is 2.61. The molecule has 0 aliphatic carbocycles. The summed E-state index contributed by atoms with van der Waals surface area (Å²) in [6, 6.07) is 1.83. The molecular formula is C11H18N2O. The van der Waals surface area contributed by atoms with Crippen LogP contribution < -0.4 is 5.32 Å². The van der Waals surface area contributed by atoms with Gasteiger partial charge in [-0.25, -0.2) is 0 Å². The van der Waals surface area contributed by atoms with E-state index in [1.54, 1.807) is 13.2 Å². The summed E-state index contributed by atoms with van der Waals surface area (Å²) < 4.78 is 0. The molecule has 3 heteroatoms. The van der Waals surface area contributed by atoms with Crippen molar-refractivity contribution in [2.24, 2.45) is 0 Å². The number of amides is 1. The minimum atomic E-state index is -0.0920. The monoisotopic (exact) mass is 194 g/mol. The zero-order chi connectivity index (χ0) is 11.1. The van der Waals surface area contributed by atoms with E-state index in [2.05, 4.69) is 10.3 Å². The van der Waals surface area contributed by atoms with E-state index in [0.29, 0.717) is 5.56 Å². The first-order valence-corrected chi connectivity index (χ1v) is 4.80. The lowest BCUT2D eigenvalue weighted by atomic mass is 10.1. The van der Waals surface area contributed by atoms with Gasteiger partial charge in [-0.1, -0.05) is 13.8 Å². The van der Waals surface area contributed by atoms with Gasteiger partial charge in [-0.2, -0.15) is 0 Å². The molecule has 0 aromatic carbocycles. The number of pyridine rings is 1. The predicted octanol–water partition coefficient (Wildman–Crippen LogP) is 2.08. The third-order valence-electron chi connectivity index (χ3n) is 1.83. The molecule has 0 unspecified atom stereocenters. The van der Waals surface area contributed by atoms with Crippen molar-refractivity contribution in [2.45, 2.75) is 27.7 Å². The van der Waals surface area contributed by atoms with Gasteiger partial charge < -0.3 is 5.32 Å². The van der Waals surface area contributed by atoms with Crippen LogP contribution in [0.2, 0.25) is 0 Å². The highest BCUT2D eigenvalue weighted by Crippen LogP contribution is 2.05. The molecule has 3 nitrogen and oxygen atoms in total. The van der Waals surface area contributed by atoms with Crippen molar-refractivity contribution in [3.05, 3.63) is 29.1 Å². The second-order valence-electron chi connectivity index (χ2n) is 2.71. The highest BCUT2D eigenvalue weighted by Gasteiger charge is 2.03. The second kappa shape index (κ2) is 6.13. The maximum atomic E-state index is 11.1. The molecular weight excluding hydrogens is 176 g/mol. The fourth-order valence-corrected chi connectivity index (χ4v) is 0.912. The molecule has 0 aliphatic heterocycles. The number of carbonyl (C=O) groups excluding carboxylic acids is 1. The molecule has 0 fully saturated rings. The Labute approximate surface area is 85.6 Å². The summed E-state index contributed by atoms with van der Waals surface area (Å²) in [5.74, 6) is -0.0920. The van der Waals surface area contributed by atoms with Gasteiger partial charge in [0.1, 0.15) is 0 Å². The summed E-state index contributed by atoms with van der Waals surface area (Å²) in [4.78, 5) is 15.2. The smallest absolute Gasteiger partial charge is 0.252 e. The van der Waals surface area contributed by atoms with Gasteiger partial charge in [0.05, 0.1) is 5.56 Å². The first kappa shape index (κ1) is 12.6. The lowest BCUT2D eigenvalue weighted by molar-refractivity contribution is 0.0962. The number of rotatable bonds is 1. The molecule has 1 rings (SSSR count). The predicted molar refractivity (Wildman–Crippen MR) is 58.4 cm³/mol. The summed E-state index contributed by atoms with van der Waals surface area (Å²) >= 11 is 0. The van der Waals surface area contributed by atoms with E-state index in [1.807, 2.05) is 33.8 Å². The fourth-order valence-electron chi connectivity index (χ4n) is 0.912. The lowest BCUT2D eigenvalue weighted by Gasteiger charge is -2.02. The average Bonchev–Trinajstić information content (AvgIpc) is 2.24. The molecule has 1 aromatic heterocycles. The van der Waals surface area contributed by atoms with E-state index in [1.165, 1.54) is 0 Å².